The first-order chi connectivity index (χ1) is 7.91. The Hall–Kier alpha value is -1.28. The van der Waals surface area contributed by atoms with Crippen molar-refractivity contribution in [1.82, 2.24) is 5.32 Å². The summed E-state index contributed by atoms with van der Waals surface area (Å²) in [5.74, 6) is 0.997. The van der Waals surface area contributed by atoms with E-state index in [1.54, 1.807) is 0 Å². The van der Waals surface area contributed by atoms with Gasteiger partial charge < -0.3 is 9.73 Å². The van der Waals surface area contributed by atoms with Crippen LogP contribution in [0.3, 0.4) is 0 Å². The standard InChI is InChI=1S/C15H21NO/c1-10-6-12(15(2,3)4)7-11-8-13(9-16-5)17-14(10)11/h6-8,16H,9H2,1-5H3. The van der Waals surface area contributed by atoms with E-state index in [0.717, 1.165) is 17.9 Å². The Morgan fingerprint density at radius 3 is 2.47 bits per heavy atom. The van der Waals surface area contributed by atoms with E-state index in [1.165, 1.54) is 16.5 Å². The van der Waals surface area contributed by atoms with Crippen molar-refractivity contribution in [3.05, 3.63) is 35.1 Å². The van der Waals surface area contributed by atoms with Gasteiger partial charge in [0.15, 0.2) is 0 Å². The molecule has 92 valence electrons. The van der Waals surface area contributed by atoms with E-state index in [1.807, 2.05) is 7.05 Å². The van der Waals surface area contributed by atoms with Crippen molar-refractivity contribution >= 4 is 11.0 Å². The van der Waals surface area contributed by atoms with Gasteiger partial charge in [-0.15, -0.1) is 0 Å². The molecular formula is C15H21NO. The number of nitrogens with one attached hydrogen (secondary N) is 1. The lowest BCUT2D eigenvalue weighted by atomic mass is 9.85. The molecule has 0 aliphatic carbocycles. The molecule has 0 unspecified atom stereocenters. The first-order valence-electron chi connectivity index (χ1n) is 6.10. The Labute approximate surface area is 103 Å². The summed E-state index contributed by atoms with van der Waals surface area (Å²) in [6.07, 6.45) is 0. The van der Waals surface area contributed by atoms with Crippen molar-refractivity contribution in [3.63, 3.8) is 0 Å². The second kappa shape index (κ2) is 4.19. The molecule has 2 aromatic rings. The van der Waals surface area contributed by atoms with Crippen LogP contribution in [0.15, 0.2) is 22.6 Å². The highest BCUT2D eigenvalue weighted by Gasteiger charge is 2.16. The predicted molar refractivity (Wildman–Crippen MR) is 72.4 cm³/mol. The zero-order chi connectivity index (χ0) is 12.6. The molecule has 0 bridgehead atoms. The van der Waals surface area contributed by atoms with Gasteiger partial charge >= 0.3 is 0 Å². The third-order valence-corrected chi connectivity index (χ3v) is 3.07. The van der Waals surface area contributed by atoms with Gasteiger partial charge in [-0.05, 0) is 42.6 Å². The van der Waals surface area contributed by atoms with Gasteiger partial charge in [-0.2, -0.15) is 0 Å². The van der Waals surface area contributed by atoms with E-state index in [-0.39, 0.29) is 5.41 Å². The maximum absolute atomic E-state index is 5.84. The Morgan fingerprint density at radius 1 is 1.18 bits per heavy atom. The van der Waals surface area contributed by atoms with E-state index in [2.05, 4.69) is 51.2 Å². The maximum atomic E-state index is 5.84. The highest BCUT2D eigenvalue weighted by atomic mass is 16.3. The van der Waals surface area contributed by atoms with Crippen LogP contribution in [0.5, 0.6) is 0 Å². The van der Waals surface area contributed by atoms with Crippen molar-refractivity contribution in [3.8, 4) is 0 Å². The van der Waals surface area contributed by atoms with Gasteiger partial charge in [0.25, 0.3) is 0 Å². The third kappa shape index (κ3) is 2.37. The monoisotopic (exact) mass is 231 g/mol. The first-order valence-corrected chi connectivity index (χ1v) is 6.10. The Morgan fingerprint density at radius 2 is 1.88 bits per heavy atom. The van der Waals surface area contributed by atoms with Gasteiger partial charge in [0, 0.05) is 5.39 Å². The first kappa shape index (κ1) is 12.2. The van der Waals surface area contributed by atoms with Crippen LogP contribution in [0.1, 0.15) is 37.7 Å². The van der Waals surface area contributed by atoms with Crippen LogP contribution in [-0.4, -0.2) is 7.05 Å². The van der Waals surface area contributed by atoms with Crippen molar-refractivity contribution in [2.45, 2.75) is 39.7 Å². The molecule has 0 saturated carbocycles. The minimum Gasteiger partial charge on any atom is -0.459 e. The molecule has 0 radical (unpaired) electrons. The molecule has 0 saturated heterocycles. The lowest BCUT2D eigenvalue weighted by molar-refractivity contribution is 0.528. The number of hydrogen-bond donors (Lipinski definition) is 1. The SMILES string of the molecule is CNCc1cc2cc(C(C)(C)C)cc(C)c2o1. The molecule has 0 aliphatic rings. The van der Waals surface area contributed by atoms with Gasteiger partial charge in [0.2, 0.25) is 0 Å². The molecule has 2 rings (SSSR count). The van der Waals surface area contributed by atoms with E-state index >= 15 is 0 Å². The minimum absolute atomic E-state index is 0.180. The molecule has 17 heavy (non-hydrogen) atoms. The van der Waals surface area contributed by atoms with Gasteiger partial charge in [-0.25, -0.2) is 0 Å². The van der Waals surface area contributed by atoms with Crippen LogP contribution in [0, 0.1) is 6.92 Å². The average Bonchev–Trinajstić information content (AvgIpc) is 2.60. The van der Waals surface area contributed by atoms with Crippen molar-refractivity contribution in [2.75, 3.05) is 7.05 Å². The van der Waals surface area contributed by atoms with E-state index in [4.69, 9.17) is 4.42 Å². The fourth-order valence-electron chi connectivity index (χ4n) is 2.08. The Balaban J connectivity index is 2.57. The molecular weight excluding hydrogens is 210 g/mol. The molecule has 0 amide bonds. The van der Waals surface area contributed by atoms with Gasteiger partial charge in [0.1, 0.15) is 11.3 Å². The predicted octanol–water partition coefficient (Wildman–Crippen LogP) is 3.76. The fourth-order valence-corrected chi connectivity index (χ4v) is 2.08. The number of furan rings is 1. The second-order valence-corrected chi connectivity index (χ2v) is 5.70. The topological polar surface area (TPSA) is 25.2 Å². The van der Waals surface area contributed by atoms with Crippen LogP contribution < -0.4 is 5.32 Å². The highest BCUT2D eigenvalue weighted by molar-refractivity contribution is 5.82. The number of aryl methyl sites for hydroxylation is 1. The smallest absolute Gasteiger partial charge is 0.137 e. The molecule has 0 aliphatic heterocycles. The molecule has 1 heterocycles. The maximum Gasteiger partial charge on any atom is 0.137 e. The molecule has 1 aromatic carbocycles. The van der Waals surface area contributed by atoms with Crippen LogP contribution >= 0.6 is 0 Å². The summed E-state index contributed by atoms with van der Waals surface area (Å²) >= 11 is 0. The molecule has 2 heteroatoms. The van der Waals surface area contributed by atoms with Crippen LogP contribution in [0.25, 0.3) is 11.0 Å². The summed E-state index contributed by atoms with van der Waals surface area (Å²) in [4.78, 5) is 0. The van der Waals surface area contributed by atoms with Crippen molar-refractivity contribution < 1.29 is 4.42 Å². The van der Waals surface area contributed by atoms with Crippen molar-refractivity contribution in [1.29, 1.82) is 0 Å². The quantitative estimate of drug-likeness (QED) is 0.851. The summed E-state index contributed by atoms with van der Waals surface area (Å²) in [6.45, 7) is 9.61. The number of hydrogen-bond acceptors (Lipinski definition) is 2. The van der Waals surface area contributed by atoms with Crippen LogP contribution in [-0.2, 0) is 12.0 Å². The molecule has 0 atom stereocenters. The van der Waals surface area contributed by atoms with E-state index in [0.29, 0.717) is 0 Å². The zero-order valence-electron chi connectivity index (χ0n) is 11.3. The number of rotatable bonds is 2. The second-order valence-electron chi connectivity index (χ2n) is 5.70. The average molecular weight is 231 g/mol. The molecule has 0 spiro atoms. The minimum atomic E-state index is 0.180. The van der Waals surface area contributed by atoms with Crippen LogP contribution in [0.2, 0.25) is 0 Å². The summed E-state index contributed by atoms with van der Waals surface area (Å²) < 4.78 is 5.84. The number of fused-ring (bicyclic) bond motifs is 1. The lowest BCUT2D eigenvalue weighted by Gasteiger charge is -2.19. The van der Waals surface area contributed by atoms with Gasteiger partial charge in [-0.1, -0.05) is 26.8 Å². The van der Waals surface area contributed by atoms with E-state index in [9.17, 15) is 0 Å². The molecule has 1 aromatic heterocycles. The largest absolute Gasteiger partial charge is 0.459 e. The van der Waals surface area contributed by atoms with Gasteiger partial charge in [0.05, 0.1) is 6.54 Å². The van der Waals surface area contributed by atoms with E-state index < -0.39 is 0 Å². The summed E-state index contributed by atoms with van der Waals surface area (Å²) in [5, 5.41) is 4.32. The summed E-state index contributed by atoms with van der Waals surface area (Å²) in [6, 6.07) is 6.61. The van der Waals surface area contributed by atoms with Crippen LogP contribution in [0.4, 0.5) is 0 Å². The Bertz CT molecular complexity index is 532. The van der Waals surface area contributed by atoms with Crippen molar-refractivity contribution in [2.24, 2.45) is 0 Å². The highest BCUT2D eigenvalue weighted by Crippen LogP contribution is 2.30. The summed E-state index contributed by atoms with van der Waals surface area (Å²) in [7, 11) is 1.93. The molecule has 2 nitrogen and oxygen atoms in total. The zero-order valence-corrected chi connectivity index (χ0v) is 11.3. The Kier molecular flexibility index (Phi) is 3.00. The molecule has 1 N–H and O–H groups in total. The number of benzene rings is 1. The summed E-state index contributed by atoms with van der Waals surface area (Å²) in [5.41, 5.74) is 3.77. The molecule has 0 fully saturated rings. The van der Waals surface area contributed by atoms with Gasteiger partial charge in [-0.3, -0.25) is 0 Å². The fraction of sp³-hybridized carbons (Fsp3) is 0.467. The normalized spacial score (nSPS) is 12.3. The third-order valence-electron chi connectivity index (χ3n) is 3.07. The lowest BCUT2D eigenvalue weighted by Crippen LogP contribution is -2.10.